The average molecular weight is 377 g/mol. The van der Waals surface area contributed by atoms with E-state index in [2.05, 4.69) is 112 Å². The first kappa shape index (κ1) is 20.4. The van der Waals surface area contributed by atoms with Crippen molar-refractivity contribution >= 4 is 11.1 Å². The quantitative estimate of drug-likeness (QED) is 0.448. The molecule has 0 heteroatoms. The Bertz CT molecular complexity index is 1020. The van der Waals surface area contributed by atoms with E-state index in [-0.39, 0.29) is 0 Å². The molecule has 0 aliphatic heterocycles. The molecule has 1 aliphatic carbocycles. The SMILES string of the molecule is C=C1C=CC=C(c2ccccc2)C=C1C(=C)/C=C(\C=C/C(C)C)c1ccccc1. The molecule has 0 nitrogen and oxygen atoms in total. The topological polar surface area (TPSA) is 0 Å². The highest BCUT2D eigenvalue weighted by atomic mass is 14.1. The van der Waals surface area contributed by atoms with E-state index in [0.717, 1.165) is 27.9 Å². The third-order valence-corrected chi connectivity index (χ3v) is 4.77. The number of allylic oxidation sites excluding steroid dienone is 12. The van der Waals surface area contributed by atoms with Gasteiger partial charge in [0.15, 0.2) is 0 Å². The van der Waals surface area contributed by atoms with Gasteiger partial charge in [0.05, 0.1) is 0 Å². The van der Waals surface area contributed by atoms with Crippen molar-refractivity contribution in [1.29, 1.82) is 0 Å². The molecule has 3 rings (SSSR count). The molecule has 0 aromatic heterocycles. The molecule has 144 valence electrons. The zero-order chi connectivity index (χ0) is 20.6. The second-order valence-electron chi connectivity index (χ2n) is 7.52. The van der Waals surface area contributed by atoms with Crippen LogP contribution in [0.2, 0.25) is 0 Å². The van der Waals surface area contributed by atoms with Gasteiger partial charge in [-0.2, -0.15) is 0 Å². The first-order valence-electron chi connectivity index (χ1n) is 10.0. The van der Waals surface area contributed by atoms with Crippen LogP contribution in [-0.4, -0.2) is 0 Å². The fourth-order valence-corrected chi connectivity index (χ4v) is 3.18. The minimum absolute atomic E-state index is 0.484. The summed E-state index contributed by atoms with van der Waals surface area (Å²) in [5, 5.41) is 0. The molecule has 1 aliphatic rings. The van der Waals surface area contributed by atoms with Crippen LogP contribution in [0, 0.1) is 5.92 Å². The number of hydrogen-bond acceptors (Lipinski definition) is 0. The van der Waals surface area contributed by atoms with Crippen LogP contribution in [0.4, 0.5) is 0 Å². The summed E-state index contributed by atoms with van der Waals surface area (Å²) in [6.07, 6.45) is 15.0. The molecule has 0 bridgehead atoms. The monoisotopic (exact) mass is 376 g/mol. The summed E-state index contributed by atoms with van der Waals surface area (Å²) in [5.41, 5.74) is 7.65. The van der Waals surface area contributed by atoms with E-state index >= 15 is 0 Å². The van der Waals surface area contributed by atoms with Gasteiger partial charge in [0.2, 0.25) is 0 Å². The molecule has 0 fully saturated rings. The first-order chi connectivity index (χ1) is 14.0. The van der Waals surface area contributed by atoms with E-state index in [1.807, 2.05) is 18.2 Å². The summed E-state index contributed by atoms with van der Waals surface area (Å²) < 4.78 is 0. The lowest BCUT2D eigenvalue weighted by atomic mass is 9.93. The summed E-state index contributed by atoms with van der Waals surface area (Å²) in [6, 6.07) is 20.9. The van der Waals surface area contributed by atoms with Crippen molar-refractivity contribution in [3.63, 3.8) is 0 Å². The maximum absolute atomic E-state index is 4.39. The molecule has 0 unspecified atom stereocenters. The molecule has 0 saturated heterocycles. The number of rotatable bonds is 6. The van der Waals surface area contributed by atoms with Gasteiger partial charge in [-0.15, -0.1) is 0 Å². The lowest BCUT2D eigenvalue weighted by molar-refractivity contribution is 0.832. The largest absolute Gasteiger partial charge is 0.0911 e. The second-order valence-corrected chi connectivity index (χ2v) is 7.52. The maximum atomic E-state index is 4.39. The van der Waals surface area contributed by atoms with Crippen molar-refractivity contribution in [2.75, 3.05) is 0 Å². The Hall–Kier alpha value is -3.38. The smallest absolute Gasteiger partial charge is 0.0117 e. The van der Waals surface area contributed by atoms with E-state index in [0.29, 0.717) is 5.92 Å². The Morgan fingerprint density at radius 3 is 2.24 bits per heavy atom. The molecule has 29 heavy (non-hydrogen) atoms. The highest BCUT2D eigenvalue weighted by Crippen LogP contribution is 2.30. The van der Waals surface area contributed by atoms with Crippen molar-refractivity contribution in [2.45, 2.75) is 13.8 Å². The fraction of sp³-hybridized carbons (Fsp3) is 0.103. The molecule has 2 aromatic rings. The van der Waals surface area contributed by atoms with Gasteiger partial charge in [0, 0.05) is 0 Å². The predicted molar refractivity (Wildman–Crippen MR) is 128 cm³/mol. The van der Waals surface area contributed by atoms with E-state index in [1.165, 1.54) is 11.1 Å². The van der Waals surface area contributed by atoms with Crippen LogP contribution >= 0.6 is 0 Å². The summed E-state index contributed by atoms with van der Waals surface area (Å²) in [7, 11) is 0. The molecule has 0 spiro atoms. The molecular formula is C29H28. The van der Waals surface area contributed by atoms with Gasteiger partial charge in [-0.05, 0) is 57.1 Å². The number of benzene rings is 2. The summed E-state index contributed by atoms with van der Waals surface area (Å²) in [6.45, 7) is 13.0. The van der Waals surface area contributed by atoms with E-state index in [9.17, 15) is 0 Å². The molecule has 0 radical (unpaired) electrons. The molecule has 0 heterocycles. The molecular weight excluding hydrogens is 348 g/mol. The highest BCUT2D eigenvalue weighted by molar-refractivity contribution is 5.83. The van der Waals surface area contributed by atoms with Crippen LogP contribution in [0.25, 0.3) is 11.1 Å². The third-order valence-electron chi connectivity index (χ3n) is 4.77. The van der Waals surface area contributed by atoms with E-state index in [1.54, 1.807) is 0 Å². The fourth-order valence-electron chi connectivity index (χ4n) is 3.18. The maximum Gasteiger partial charge on any atom is -0.0117 e. The van der Waals surface area contributed by atoms with Crippen LogP contribution in [-0.2, 0) is 0 Å². The van der Waals surface area contributed by atoms with Gasteiger partial charge in [0.1, 0.15) is 0 Å². The average Bonchev–Trinajstić information content (AvgIpc) is 2.94. The Morgan fingerprint density at radius 2 is 1.59 bits per heavy atom. The van der Waals surface area contributed by atoms with Gasteiger partial charge >= 0.3 is 0 Å². The zero-order valence-electron chi connectivity index (χ0n) is 17.3. The Balaban J connectivity index is 2.01. The molecule has 2 aromatic carbocycles. The first-order valence-corrected chi connectivity index (χ1v) is 10.0. The molecule has 0 saturated carbocycles. The predicted octanol–water partition coefficient (Wildman–Crippen LogP) is 7.97. The molecule has 0 atom stereocenters. The van der Waals surface area contributed by atoms with Crippen LogP contribution in [0.3, 0.4) is 0 Å². The van der Waals surface area contributed by atoms with Gasteiger partial charge in [-0.25, -0.2) is 0 Å². The highest BCUT2D eigenvalue weighted by Gasteiger charge is 2.10. The number of hydrogen-bond donors (Lipinski definition) is 0. The second kappa shape index (κ2) is 9.71. The van der Waals surface area contributed by atoms with E-state index in [4.69, 9.17) is 0 Å². The molecule has 0 amide bonds. The van der Waals surface area contributed by atoms with Crippen LogP contribution in [0.5, 0.6) is 0 Å². The normalized spacial score (nSPS) is 14.7. The van der Waals surface area contributed by atoms with E-state index < -0.39 is 0 Å². The van der Waals surface area contributed by atoms with Crippen LogP contribution in [0.15, 0.2) is 133 Å². The molecule has 0 N–H and O–H groups in total. The standard InChI is InChI=1S/C29H28/c1-22(2)18-19-28(26-15-9-6-10-16-26)20-24(4)29-21-27(17-11-12-23(29)3)25-13-7-5-8-14-25/h5-22H,3-4H2,1-2H3/b19-18-,28-20+. The summed E-state index contributed by atoms with van der Waals surface area (Å²) >= 11 is 0. The van der Waals surface area contributed by atoms with Crippen molar-refractivity contribution < 1.29 is 0 Å². The van der Waals surface area contributed by atoms with Crippen molar-refractivity contribution in [3.05, 3.63) is 144 Å². The summed E-state index contributed by atoms with van der Waals surface area (Å²) in [5.74, 6) is 0.484. The third kappa shape index (κ3) is 5.56. The Kier molecular flexibility index (Phi) is 6.81. The van der Waals surface area contributed by atoms with Crippen molar-refractivity contribution in [3.8, 4) is 0 Å². The minimum atomic E-state index is 0.484. The lowest BCUT2D eigenvalue weighted by Gasteiger charge is -2.11. The zero-order valence-corrected chi connectivity index (χ0v) is 17.3. The Labute approximate surface area is 175 Å². The van der Waals surface area contributed by atoms with Crippen molar-refractivity contribution in [1.82, 2.24) is 0 Å². The van der Waals surface area contributed by atoms with Crippen LogP contribution < -0.4 is 0 Å². The minimum Gasteiger partial charge on any atom is -0.0911 e. The van der Waals surface area contributed by atoms with Crippen molar-refractivity contribution in [2.24, 2.45) is 5.92 Å². The van der Waals surface area contributed by atoms with Gasteiger partial charge in [0.25, 0.3) is 0 Å². The Morgan fingerprint density at radius 1 is 0.931 bits per heavy atom. The van der Waals surface area contributed by atoms with Gasteiger partial charge < -0.3 is 0 Å². The summed E-state index contributed by atoms with van der Waals surface area (Å²) in [4.78, 5) is 0. The van der Waals surface area contributed by atoms with Gasteiger partial charge in [-0.3, -0.25) is 0 Å². The lowest BCUT2D eigenvalue weighted by Crippen LogP contribution is -1.92. The van der Waals surface area contributed by atoms with Crippen LogP contribution in [0.1, 0.15) is 25.0 Å². The van der Waals surface area contributed by atoms with Gasteiger partial charge in [-0.1, -0.05) is 118 Å².